The van der Waals surface area contributed by atoms with Gasteiger partial charge >= 0.3 is 5.97 Å². The zero-order valence-corrected chi connectivity index (χ0v) is 11.1. The third-order valence-corrected chi connectivity index (χ3v) is 3.23. The van der Waals surface area contributed by atoms with E-state index in [2.05, 4.69) is 25.2 Å². The highest BCUT2D eigenvalue weighted by Gasteiger charge is 2.07. The van der Waals surface area contributed by atoms with E-state index < -0.39 is 5.97 Å². The summed E-state index contributed by atoms with van der Waals surface area (Å²) < 4.78 is 0. The number of benzene rings is 2. The van der Waals surface area contributed by atoms with Crippen molar-refractivity contribution < 1.29 is 9.90 Å². The van der Waals surface area contributed by atoms with Crippen molar-refractivity contribution in [3.63, 3.8) is 0 Å². The zero-order valence-electron chi connectivity index (χ0n) is 11.1. The Morgan fingerprint density at radius 1 is 1.05 bits per heavy atom. The first-order chi connectivity index (χ1) is 9.08. The summed E-state index contributed by atoms with van der Waals surface area (Å²) in [6, 6.07) is 13.5. The van der Waals surface area contributed by atoms with Crippen molar-refractivity contribution in [3.8, 4) is 0 Å². The predicted molar refractivity (Wildman–Crippen MR) is 77.0 cm³/mol. The Hall–Kier alpha value is -2.29. The zero-order chi connectivity index (χ0) is 13.8. The highest BCUT2D eigenvalue weighted by atomic mass is 16.4. The average molecular weight is 255 g/mol. The molecule has 0 unspecified atom stereocenters. The molecule has 0 amide bonds. The van der Waals surface area contributed by atoms with E-state index in [0.717, 1.165) is 16.9 Å². The Kier molecular flexibility index (Phi) is 3.85. The van der Waals surface area contributed by atoms with Crippen molar-refractivity contribution >= 4 is 17.3 Å². The van der Waals surface area contributed by atoms with Gasteiger partial charge in [-0.25, -0.2) is 0 Å². The molecule has 0 saturated heterocycles. The van der Waals surface area contributed by atoms with Crippen LogP contribution >= 0.6 is 0 Å². The van der Waals surface area contributed by atoms with Crippen LogP contribution in [0.1, 0.15) is 16.7 Å². The topological polar surface area (TPSA) is 49.3 Å². The van der Waals surface area contributed by atoms with Crippen LogP contribution in [0, 0.1) is 13.8 Å². The second kappa shape index (κ2) is 5.57. The molecule has 0 atom stereocenters. The van der Waals surface area contributed by atoms with Gasteiger partial charge in [-0.15, -0.1) is 0 Å². The number of rotatable bonds is 4. The number of para-hydroxylation sites is 1. The van der Waals surface area contributed by atoms with E-state index in [4.69, 9.17) is 5.11 Å². The van der Waals surface area contributed by atoms with Crippen LogP contribution in [-0.4, -0.2) is 11.1 Å². The van der Waals surface area contributed by atoms with Crippen LogP contribution in [0.5, 0.6) is 0 Å². The lowest BCUT2D eigenvalue weighted by molar-refractivity contribution is -0.136. The van der Waals surface area contributed by atoms with Gasteiger partial charge in [0.25, 0.3) is 0 Å². The molecule has 0 aliphatic carbocycles. The fourth-order valence-electron chi connectivity index (χ4n) is 1.99. The maximum atomic E-state index is 10.9. The van der Waals surface area contributed by atoms with Crippen LogP contribution in [0.2, 0.25) is 0 Å². The molecule has 3 heteroatoms. The molecule has 0 bridgehead atoms. The third kappa shape index (κ3) is 3.13. The van der Waals surface area contributed by atoms with Crippen LogP contribution in [0.25, 0.3) is 0 Å². The van der Waals surface area contributed by atoms with Crippen LogP contribution in [0.3, 0.4) is 0 Å². The fraction of sp³-hybridized carbons (Fsp3) is 0.188. The number of carboxylic acids is 1. The van der Waals surface area contributed by atoms with Gasteiger partial charge in [0.05, 0.1) is 6.42 Å². The molecule has 0 saturated carbocycles. The number of aliphatic carboxylic acids is 1. The highest BCUT2D eigenvalue weighted by Crippen LogP contribution is 2.25. The van der Waals surface area contributed by atoms with E-state index in [1.165, 1.54) is 11.1 Å². The van der Waals surface area contributed by atoms with Crippen molar-refractivity contribution in [1.29, 1.82) is 0 Å². The fourth-order valence-corrected chi connectivity index (χ4v) is 1.99. The minimum absolute atomic E-state index is 0.0219. The van der Waals surface area contributed by atoms with Crippen LogP contribution < -0.4 is 5.32 Å². The van der Waals surface area contributed by atoms with Crippen LogP contribution in [0.15, 0.2) is 42.5 Å². The number of hydrogen-bond acceptors (Lipinski definition) is 2. The Labute approximate surface area is 112 Å². The van der Waals surface area contributed by atoms with Gasteiger partial charge < -0.3 is 10.4 Å². The number of aryl methyl sites for hydroxylation is 1. The summed E-state index contributed by atoms with van der Waals surface area (Å²) in [5.41, 5.74) is 5.03. The lowest BCUT2D eigenvalue weighted by atomic mass is 10.1. The number of anilines is 2. The first kappa shape index (κ1) is 13.1. The quantitative estimate of drug-likeness (QED) is 0.876. The highest BCUT2D eigenvalue weighted by molar-refractivity contribution is 5.75. The molecule has 2 aromatic carbocycles. The van der Waals surface area contributed by atoms with Gasteiger partial charge in [-0.3, -0.25) is 4.79 Å². The van der Waals surface area contributed by atoms with Crippen molar-refractivity contribution in [1.82, 2.24) is 0 Å². The van der Waals surface area contributed by atoms with E-state index in [1.54, 1.807) is 0 Å². The Morgan fingerprint density at radius 3 is 2.47 bits per heavy atom. The summed E-state index contributed by atoms with van der Waals surface area (Å²) in [4.78, 5) is 10.9. The Bertz CT molecular complexity index is 605. The minimum Gasteiger partial charge on any atom is -0.481 e. The van der Waals surface area contributed by atoms with Crippen molar-refractivity contribution in [2.75, 3.05) is 5.32 Å². The molecule has 2 aromatic rings. The van der Waals surface area contributed by atoms with Gasteiger partial charge in [0.15, 0.2) is 0 Å². The van der Waals surface area contributed by atoms with E-state index >= 15 is 0 Å². The molecule has 0 heterocycles. The van der Waals surface area contributed by atoms with Crippen LogP contribution in [-0.2, 0) is 11.2 Å². The molecule has 98 valence electrons. The molecule has 0 aliphatic heterocycles. The van der Waals surface area contributed by atoms with E-state index in [9.17, 15) is 4.79 Å². The molecular formula is C16H17NO2. The second-order valence-electron chi connectivity index (χ2n) is 4.60. The largest absolute Gasteiger partial charge is 0.481 e. The molecule has 0 aromatic heterocycles. The van der Waals surface area contributed by atoms with Gasteiger partial charge in [-0.2, -0.15) is 0 Å². The summed E-state index contributed by atoms with van der Waals surface area (Å²) in [6.45, 7) is 4.11. The first-order valence-electron chi connectivity index (χ1n) is 6.21. The molecule has 2 rings (SSSR count). The summed E-state index contributed by atoms with van der Waals surface area (Å²) >= 11 is 0. The molecule has 3 nitrogen and oxygen atoms in total. The second-order valence-corrected chi connectivity index (χ2v) is 4.60. The third-order valence-electron chi connectivity index (χ3n) is 3.23. The molecule has 0 aliphatic rings. The van der Waals surface area contributed by atoms with Gasteiger partial charge in [0.1, 0.15) is 0 Å². The minimum atomic E-state index is -0.824. The van der Waals surface area contributed by atoms with Crippen molar-refractivity contribution in [2.24, 2.45) is 0 Å². The lowest BCUT2D eigenvalue weighted by Gasteiger charge is -2.14. The smallest absolute Gasteiger partial charge is 0.307 e. The summed E-state index contributed by atoms with van der Waals surface area (Å²) in [5.74, 6) is -0.824. The molecule has 0 fully saturated rings. The summed E-state index contributed by atoms with van der Waals surface area (Å²) in [5, 5.41) is 12.3. The molecule has 2 N–H and O–H groups in total. The Morgan fingerprint density at radius 2 is 1.74 bits per heavy atom. The Balaban J connectivity index is 2.33. The van der Waals surface area contributed by atoms with E-state index in [1.807, 2.05) is 36.4 Å². The number of carbonyl (C=O) groups is 1. The van der Waals surface area contributed by atoms with Gasteiger partial charge in [0.2, 0.25) is 0 Å². The molecule has 0 spiro atoms. The molecule has 19 heavy (non-hydrogen) atoms. The van der Waals surface area contributed by atoms with Crippen LogP contribution in [0.4, 0.5) is 11.4 Å². The predicted octanol–water partition coefficient (Wildman–Crippen LogP) is 3.67. The van der Waals surface area contributed by atoms with Gasteiger partial charge in [0, 0.05) is 11.4 Å². The van der Waals surface area contributed by atoms with Gasteiger partial charge in [-0.05, 0) is 42.7 Å². The van der Waals surface area contributed by atoms with Crippen molar-refractivity contribution in [2.45, 2.75) is 20.3 Å². The number of nitrogens with one attached hydrogen (secondary N) is 1. The maximum Gasteiger partial charge on any atom is 0.307 e. The SMILES string of the molecule is Cc1cccc(Nc2ccccc2CC(=O)O)c1C. The standard InChI is InChI=1S/C16H17NO2/c1-11-6-5-9-14(12(11)2)17-15-8-4-3-7-13(15)10-16(18)19/h3-9,17H,10H2,1-2H3,(H,18,19). The summed E-state index contributed by atoms with van der Waals surface area (Å²) in [7, 11) is 0. The van der Waals surface area contributed by atoms with Crippen molar-refractivity contribution in [3.05, 3.63) is 59.2 Å². The molecular weight excluding hydrogens is 238 g/mol. The first-order valence-corrected chi connectivity index (χ1v) is 6.21. The average Bonchev–Trinajstić information content (AvgIpc) is 2.36. The maximum absolute atomic E-state index is 10.9. The van der Waals surface area contributed by atoms with E-state index in [0.29, 0.717) is 0 Å². The normalized spacial score (nSPS) is 10.2. The lowest BCUT2D eigenvalue weighted by Crippen LogP contribution is -2.04. The monoisotopic (exact) mass is 255 g/mol. The van der Waals surface area contributed by atoms with Gasteiger partial charge in [-0.1, -0.05) is 30.3 Å². The number of carboxylic acid groups (broad SMARTS) is 1. The number of hydrogen-bond donors (Lipinski definition) is 2. The molecule has 0 radical (unpaired) electrons. The summed E-state index contributed by atoms with van der Waals surface area (Å²) in [6.07, 6.45) is 0.0219. The van der Waals surface area contributed by atoms with E-state index in [-0.39, 0.29) is 6.42 Å².